The zero-order valence-corrected chi connectivity index (χ0v) is 5.70. The van der Waals surface area contributed by atoms with E-state index in [1.54, 1.807) is 12.3 Å². The monoisotopic (exact) mass is 143 g/mol. The molecular formula is C8H5N3. The van der Waals surface area contributed by atoms with Gasteiger partial charge in [0.05, 0.1) is 0 Å². The Morgan fingerprint density at radius 3 is 3.18 bits per heavy atom. The van der Waals surface area contributed by atoms with Gasteiger partial charge in [-0.2, -0.15) is 5.26 Å². The summed E-state index contributed by atoms with van der Waals surface area (Å²) < 4.78 is 0. The Morgan fingerprint density at radius 2 is 2.45 bits per heavy atom. The van der Waals surface area contributed by atoms with Crippen LogP contribution >= 0.6 is 0 Å². The van der Waals surface area contributed by atoms with Gasteiger partial charge < -0.3 is 4.98 Å². The van der Waals surface area contributed by atoms with Crippen LogP contribution in [0, 0.1) is 11.3 Å². The van der Waals surface area contributed by atoms with Crippen LogP contribution in [0.1, 0.15) is 5.69 Å². The van der Waals surface area contributed by atoms with Crippen molar-refractivity contribution in [1.82, 2.24) is 9.97 Å². The molecule has 0 aliphatic carbocycles. The van der Waals surface area contributed by atoms with Crippen molar-refractivity contribution in [3.8, 4) is 6.07 Å². The third kappa shape index (κ3) is 0.849. The molecule has 2 aromatic heterocycles. The molecule has 0 saturated carbocycles. The molecule has 1 N–H and O–H groups in total. The molecule has 2 aromatic rings. The number of hydrogen-bond donors (Lipinski definition) is 1. The number of rotatable bonds is 0. The number of pyridine rings is 1. The van der Waals surface area contributed by atoms with Crippen molar-refractivity contribution >= 4 is 11.0 Å². The molecule has 0 bridgehead atoms. The van der Waals surface area contributed by atoms with E-state index >= 15 is 0 Å². The summed E-state index contributed by atoms with van der Waals surface area (Å²) >= 11 is 0. The third-order valence-electron chi connectivity index (χ3n) is 1.51. The Hall–Kier alpha value is -1.82. The lowest BCUT2D eigenvalue weighted by molar-refractivity contribution is 1.29. The molecule has 0 saturated heterocycles. The average molecular weight is 143 g/mol. The van der Waals surface area contributed by atoms with Crippen LogP contribution < -0.4 is 0 Å². The van der Waals surface area contributed by atoms with Crippen molar-refractivity contribution in [3.63, 3.8) is 0 Å². The van der Waals surface area contributed by atoms with E-state index in [4.69, 9.17) is 5.26 Å². The first-order chi connectivity index (χ1) is 5.40. The Labute approximate surface area is 63.3 Å². The molecular weight excluding hydrogens is 138 g/mol. The normalized spacial score (nSPS) is 9.73. The van der Waals surface area contributed by atoms with Gasteiger partial charge in [-0.3, -0.25) is 0 Å². The highest BCUT2D eigenvalue weighted by atomic mass is 14.8. The van der Waals surface area contributed by atoms with Gasteiger partial charge in [-0.05, 0) is 18.2 Å². The lowest BCUT2D eigenvalue weighted by Gasteiger charge is -1.82. The molecule has 0 spiro atoms. The van der Waals surface area contributed by atoms with Crippen LogP contribution in [0.2, 0.25) is 0 Å². The van der Waals surface area contributed by atoms with E-state index in [2.05, 4.69) is 9.97 Å². The van der Waals surface area contributed by atoms with E-state index in [0.29, 0.717) is 5.69 Å². The maximum atomic E-state index is 8.53. The second-order valence-corrected chi connectivity index (χ2v) is 2.24. The number of nitrogens with zero attached hydrogens (tertiary/aromatic N) is 2. The molecule has 0 fully saturated rings. The number of nitrogens with one attached hydrogen (secondary N) is 1. The minimum absolute atomic E-state index is 0.554. The fourth-order valence-corrected chi connectivity index (χ4v) is 1.02. The van der Waals surface area contributed by atoms with Crippen LogP contribution in [0.4, 0.5) is 0 Å². The van der Waals surface area contributed by atoms with Crippen LogP contribution in [-0.2, 0) is 0 Å². The van der Waals surface area contributed by atoms with Crippen molar-refractivity contribution in [3.05, 3.63) is 30.1 Å². The summed E-state index contributed by atoms with van der Waals surface area (Å²) in [6, 6.07) is 7.56. The predicted octanol–water partition coefficient (Wildman–Crippen LogP) is 1.43. The summed E-state index contributed by atoms with van der Waals surface area (Å²) in [6.45, 7) is 0. The van der Waals surface area contributed by atoms with Gasteiger partial charge in [0.25, 0.3) is 0 Å². The topological polar surface area (TPSA) is 52.5 Å². The van der Waals surface area contributed by atoms with Crippen LogP contribution in [0.5, 0.6) is 0 Å². The van der Waals surface area contributed by atoms with Crippen molar-refractivity contribution < 1.29 is 0 Å². The number of H-pyrrole nitrogens is 1. The van der Waals surface area contributed by atoms with Gasteiger partial charge in [-0.1, -0.05) is 0 Å². The van der Waals surface area contributed by atoms with E-state index in [1.165, 1.54) is 0 Å². The van der Waals surface area contributed by atoms with Gasteiger partial charge in [0.1, 0.15) is 17.4 Å². The van der Waals surface area contributed by atoms with Gasteiger partial charge in [-0.25, -0.2) is 4.98 Å². The summed E-state index contributed by atoms with van der Waals surface area (Å²) in [5, 5.41) is 9.51. The molecule has 0 amide bonds. The Bertz CT molecular complexity index is 389. The third-order valence-corrected chi connectivity index (χ3v) is 1.51. The zero-order chi connectivity index (χ0) is 7.68. The quantitative estimate of drug-likeness (QED) is 0.606. The first-order valence-electron chi connectivity index (χ1n) is 3.24. The summed E-state index contributed by atoms with van der Waals surface area (Å²) in [5.41, 5.74) is 1.32. The molecule has 0 radical (unpaired) electrons. The largest absolute Gasteiger partial charge is 0.331 e. The van der Waals surface area contributed by atoms with Crippen LogP contribution in [-0.4, -0.2) is 9.97 Å². The van der Waals surface area contributed by atoms with E-state index in [0.717, 1.165) is 11.0 Å². The second kappa shape index (κ2) is 2.10. The highest BCUT2D eigenvalue weighted by molar-refractivity contribution is 5.77. The maximum Gasteiger partial charge on any atom is 0.138 e. The van der Waals surface area contributed by atoms with Gasteiger partial charge in [-0.15, -0.1) is 0 Å². The fourth-order valence-electron chi connectivity index (χ4n) is 1.02. The summed E-state index contributed by atoms with van der Waals surface area (Å²) in [7, 11) is 0. The Kier molecular flexibility index (Phi) is 1.13. The predicted molar refractivity (Wildman–Crippen MR) is 40.8 cm³/mol. The molecule has 0 aliphatic rings. The fraction of sp³-hybridized carbons (Fsp3) is 0. The molecule has 0 unspecified atom stereocenters. The van der Waals surface area contributed by atoms with Crippen molar-refractivity contribution in [2.75, 3.05) is 0 Å². The first kappa shape index (κ1) is 5.93. The molecule has 11 heavy (non-hydrogen) atoms. The van der Waals surface area contributed by atoms with Crippen LogP contribution in [0.3, 0.4) is 0 Å². The standard InChI is InChI=1S/C8H5N3/c9-5-7-4-6-2-1-3-10-8(6)11-7/h1-4H,(H,10,11). The molecule has 0 atom stereocenters. The molecule has 2 heterocycles. The number of nitriles is 1. The average Bonchev–Trinajstić information content (AvgIpc) is 2.46. The highest BCUT2D eigenvalue weighted by Gasteiger charge is 1.97. The minimum Gasteiger partial charge on any atom is -0.331 e. The van der Waals surface area contributed by atoms with Crippen molar-refractivity contribution in [2.45, 2.75) is 0 Å². The highest BCUT2D eigenvalue weighted by Crippen LogP contribution is 2.10. The number of aromatic nitrogens is 2. The SMILES string of the molecule is N#Cc1cc2cccnc2[nH]1. The van der Waals surface area contributed by atoms with Gasteiger partial charge in [0.2, 0.25) is 0 Å². The van der Waals surface area contributed by atoms with Crippen LogP contribution in [0.15, 0.2) is 24.4 Å². The summed E-state index contributed by atoms with van der Waals surface area (Å²) in [6.07, 6.45) is 1.69. The molecule has 0 aromatic carbocycles. The zero-order valence-electron chi connectivity index (χ0n) is 5.70. The second-order valence-electron chi connectivity index (χ2n) is 2.24. The van der Waals surface area contributed by atoms with Gasteiger partial charge in [0.15, 0.2) is 0 Å². The van der Waals surface area contributed by atoms with Crippen LogP contribution in [0.25, 0.3) is 11.0 Å². The molecule has 3 heteroatoms. The Morgan fingerprint density at radius 1 is 1.55 bits per heavy atom. The number of aromatic amines is 1. The van der Waals surface area contributed by atoms with Crippen molar-refractivity contribution in [1.29, 1.82) is 5.26 Å². The maximum absolute atomic E-state index is 8.53. The molecule has 52 valence electrons. The molecule has 0 aliphatic heterocycles. The Balaban J connectivity index is 2.81. The van der Waals surface area contributed by atoms with E-state index in [-0.39, 0.29) is 0 Å². The first-order valence-corrected chi connectivity index (χ1v) is 3.24. The lowest BCUT2D eigenvalue weighted by Crippen LogP contribution is -1.73. The number of hydrogen-bond acceptors (Lipinski definition) is 2. The minimum atomic E-state index is 0.554. The lowest BCUT2D eigenvalue weighted by atomic mass is 10.3. The van der Waals surface area contributed by atoms with Crippen molar-refractivity contribution in [2.24, 2.45) is 0 Å². The smallest absolute Gasteiger partial charge is 0.138 e. The van der Waals surface area contributed by atoms with E-state index in [9.17, 15) is 0 Å². The summed E-state index contributed by atoms with van der Waals surface area (Å²) in [5.74, 6) is 0. The van der Waals surface area contributed by atoms with E-state index in [1.807, 2.05) is 18.2 Å². The van der Waals surface area contributed by atoms with E-state index < -0.39 is 0 Å². The number of fused-ring (bicyclic) bond motifs is 1. The van der Waals surface area contributed by atoms with Gasteiger partial charge in [0, 0.05) is 11.6 Å². The van der Waals surface area contributed by atoms with Gasteiger partial charge >= 0.3 is 0 Å². The molecule has 2 rings (SSSR count). The molecule has 3 nitrogen and oxygen atoms in total. The summed E-state index contributed by atoms with van der Waals surface area (Å²) in [4.78, 5) is 6.92.